The summed E-state index contributed by atoms with van der Waals surface area (Å²) in [6.45, 7) is 0. The first-order chi connectivity index (χ1) is 6.27. The highest BCUT2D eigenvalue weighted by Gasteiger charge is 2.16. The second kappa shape index (κ2) is 3.68. The lowest BCUT2D eigenvalue weighted by Crippen LogP contribution is -1.99. The summed E-state index contributed by atoms with van der Waals surface area (Å²) >= 11 is 1.79. The first kappa shape index (κ1) is 9.03. The molecule has 13 heavy (non-hydrogen) atoms. The van der Waals surface area contributed by atoms with Crippen LogP contribution in [0.1, 0.15) is 23.7 Å². The minimum absolute atomic E-state index is 0.260. The molecule has 1 nitrogen and oxygen atoms in total. The molecule has 2 rings (SSSR count). The molecular weight excluding hydrogens is 187 g/mol. The third kappa shape index (κ3) is 1.86. The van der Waals surface area contributed by atoms with Gasteiger partial charge in [-0.3, -0.25) is 0 Å². The molecule has 70 valence electrons. The van der Waals surface area contributed by atoms with Crippen LogP contribution in [0.3, 0.4) is 0 Å². The van der Waals surface area contributed by atoms with Crippen molar-refractivity contribution in [1.82, 2.24) is 0 Å². The van der Waals surface area contributed by atoms with Crippen LogP contribution in [0.15, 0.2) is 18.2 Å². The zero-order chi connectivity index (χ0) is 9.26. The van der Waals surface area contributed by atoms with E-state index < -0.39 is 6.10 Å². The Hall–Kier alpha value is -0.540. The molecule has 0 saturated carbocycles. The Kier molecular flexibility index (Phi) is 2.56. The highest BCUT2D eigenvalue weighted by molar-refractivity contribution is 7.98. The molecule has 1 aromatic rings. The Labute approximate surface area is 81.0 Å². The van der Waals surface area contributed by atoms with E-state index in [4.69, 9.17) is 0 Å². The predicted molar refractivity (Wildman–Crippen MR) is 52.1 cm³/mol. The fourth-order valence-corrected chi connectivity index (χ4v) is 2.56. The fraction of sp³-hybridized carbons (Fsp3) is 0.400. The van der Waals surface area contributed by atoms with E-state index in [0.717, 1.165) is 29.1 Å². The Bertz CT molecular complexity index is 314. The SMILES string of the molecule is OC1CCSCc2ccc(F)cc21. The Morgan fingerprint density at radius 1 is 1.46 bits per heavy atom. The van der Waals surface area contributed by atoms with Gasteiger partial charge in [-0.2, -0.15) is 11.8 Å². The lowest BCUT2D eigenvalue weighted by Gasteiger charge is -2.10. The van der Waals surface area contributed by atoms with Crippen LogP contribution in [-0.4, -0.2) is 10.9 Å². The van der Waals surface area contributed by atoms with Gasteiger partial charge in [-0.05, 0) is 35.4 Å². The largest absolute Gasteiger partial charge is 0.388 e. The summed E-state index contributed by atoms with van der Waals surface area (Å²) in [6, 6.07) is 4.68. The van der Waals surface area contributed by atoms with Gasteiger partial charge < -0.3 is 5.11 Å². The molecule has 0 bridgehead atoms. The highest BCUT2D eigenvalue weighted by Crippen LogP contribution is 2.30. The maximum atomic E-state index is 12.9. The van der Waals surface area contributed by atoms with Gasteiger partial charge in [0.25, 0.3) is 0 Å². The van der Waals surface area contributed by atoms with E-state index in [-0.39, 0.29) is 5.82 Å². The monoisotopic (exact) mass is 198 g/mol. The number of halogens is 1. The summed E-state index contributed by atoms with van der Waals surface area (Å²) in [5.74, 6) is 1.56. The first-order valence-electron chi connectivity index (χ1n) is 4.31. The van der Waals surface area contributed by atoms with Crippen molar-refractivity contribution in [2.24, 2.45) is 0 Å². The first-order valence-corrected chi connectivity index (χ1v) is 5.47. The van der Waals surface area contributed by atoms with Gasteiger partial charge in [0.2, 0.25) is 0 Å². The van der Waals surface area contributed by atoms with Crippen LogP contribution in [0.2, 0.25) is 0 Å². The van der Waals surface area contributed by atoms with Crippen LogP contribution in [0.5, 0.6) is 0 Å². The molecule has 0 aromatic heterocycles. The van der Waals surface area contributed by atoms with E-state index in [1.807, 2.05) is 0 Å². The topological polar surface area (TPSA) is 20.2 Å². The average Bonchev–Trinajstić information content (AvgIpc) is 2.29. The van der Waals surface area contributed by atoms with E-state index in [0.29, 0.717) is 0 Å². The molecule has 0 fully saturated rings. The van der Waals surface area contributed by atoms with E-state index >= 15 is 0 Å². The smallest absolute Gasteiger partial charge is 0.123 e. The molecule has 1 unspecified atom stereocenters. The Morgan fingerprint density at radius 2 is 2.31 bits per heavy atom. The normalized spacial score (nSPS) is 22.2. The average molecular weight is 198 g/mol. The van der Waals surface area contributed by atoms with Crippen molar-refractivity contribution in [3.8, 4) is 0 Å². The number of rotatable bonds is 0. The van der Waals surface area contributed by atoms with Crippen molar-refractivity contribution in [3.05, 3.63) is 35.1 Å². The molecule has 1 heterocycles. The zero-order valence-electron chi connectivity index (χ0n) is 7.16. The number of thioether (sulfide) groups is 1. The second-order valence-electron chi connectivity index (χ2n) is 3.20. The van der Waals surface area contributed by atoms with Crippen LogP contribution in [-0.2, 0) is 5.75 Å². The van der Waals surface area contributed by atoms with Gasteiger partial charge >= 0.3 is 0 Å². The summed E-state index contributed by atoms with van der Waals surface area (Å²) in [4.78, 5) is 0. The number of hydrogen-bond donors (Lipinski definition) is 1. The van der Waals surface area contributed by atoms with Gasteiger partial charge in [-0.25, -0.2) is 4.39 Å². The molecule has 0 saturated heterocycles. The second-order valence-corrected chi connectivity index (χ2v) is 4.31. The van der Waals surface area contributed by atoms with Crippen molar-refractivity contribution in [3.63, 3.8) is 0 Å². The third-order valence-corrected chi connectivity index (χ3v) is 3.30. The molecule has 1 atom stereocenters. The fourth-order valence-electron chi connectivity index (χ4n) is 1.54. The number of fused-ring (bicyclic) bond motifs is 1. The van der Waals surface area contributed by atoms with E-state index in [1.54, 1.807) is 17.8 Å². The summed E-state index contributed by atoms with van der Waals surface area (Å²) in [7, 11) is 0. The molecule has 3 heteroatoms. The molecule has 0 aliphatic carbocycles. The third-order valence-electron chi connectivity index (χ3n) is 2.26. The number of benzene rings is 1. The van der Waals surface area contributed by atoms with Crippen molar-refractivity contribution in [2.45, 2.75) is 18.3 Å². The number of aliphatic hydroxyl groups is 1. The van der Waals surface area contributed by atoms with Crippen LogP contribution in [0.4, 0.5) is 4.39 Å². The lowest BCUT2D eigenvalue weighted by atomic mass is 10.0. The standard InChI is InChI=1S/C10H11FOS/c11-8-2-1-7-6-13-4-3-10(12)9(7)5-8/h1-2,5,10,12H,3-4,6H2. The molecule has 1 aliphatic heterocycles. The van der Waals surface area contributed by atoms with Gasteiger partial charge in [0, 0.05) is 5.75 Å². The lowest BCUT2D eigenvalue weighted by molar-refractivity contribution is 0.174. The van der Waals surface area contributed by atoms with Crippen LogP contribution in [0.25, 0.3) is 0 Å². The summed E-state index contributed by atoms with van der Waals surface area (Å²) in [5.41, 5.74) is 1.83. The van der Waals surface area contributed by atoms with E-state index in [1.165, 1.54) is 12.1 Å². The molecule has 0 radical (unpaired) electrons. The quantitative estimate of drug-likeness (QED) is 0.691. The Balaban J connectivity index is 2.43. The zero-order valence-corrected chi connectivity index (χ0v) is 7.98. The molecule has 1 aliphatic rings. The van der Waals surface area contributed by atoms with Gasteiger partial charge in [0.05, 0.1) is 6.10 Å². The highest BCUT2D eigenvalue weighted by atomic mass is 32.2. The van der Waals surface area contributed by atoms with Crippen molar-refractivity contribution in [2.75, 3.05) is 5.75 Å². The van der Waals surface area contributed by atoms with Crippen molar-refractivity contribution < 1.29 is 9.50 Å². The summed E-state index contributed by atoms with van der Waals surface area (Å²) in [6.07, 6.45) is 0.238. The van der Waals surface area contributed by atoms with Crippen LogP contribution in [0, 0.1) is 5.82 Å². The van der Waals surface area contributed by atoms with Gasteiger partial charge in [0.15, 0.2) is 0 Å². The van der Waals surface area contributed by atoms with Crippen molar-refractivity contribution >= 4 is 11.8 Å². The maximum absolute atomic E-state index is 12.9. The molecule has 0 spiro atoms. The minimum atomic E-state index is -0.485. The van der Waals surface area contributed by atoms with Gasteiger partial charge in [-0.15, -0.1) is 0 Å². The molecule has 1 aromatic carbocycles. The summed E-state index contributed by atoms with van der Waals surface area (Å²) < 4.78 is 12.9. The summed E-state index contributed by atoms with van der Waals surface area (Å²) in [5, 5.41) is 9.69. The van der Waals surface area contributed by atoms with Crippen LogP contribution < -0.4 is 0 Å². The predicted octanol–water partition coefficient (Wildman–Crippen LogP) is 2.50. The van der Waals surface area contributed by atoms with E-state index in [2.05, 4.69) is 0 Å². The van der Waals surface area contributed by atoms with E-state index in [9.17, 15) is 9.50 Å². The van der Waals surface area contributed by atoms with Crippen LogP contribution >= 0.6 is 11.8 Å². The Morgan fingerprint density at radius 3 is 3.15 bits per heavy atom. The van der Waals surface area contributed by atoms with Crippen molar-refractivity contribution in [1.29, 1.82) is 0 Å². The number of aliphatic hydroxyl groups excluding tert-OH is 1. The molecule has 0 amide bonds. The number of hydrogen-bond acceptors (Lipinski definition) is 2. The maximum Gasteiger partial charge on any atom is 0.123 e. The molecular formula is C10H11FOS. The van der Waals surface area contributed by atoms with Gasteiger partial charge in [-0.1, -0.05) is 6.07 Å². The van der Waals surface area contributed by atoms with Gasteiger partial charge in [0.1, 0.15) is 5.82 Å². The minimum Gasteiger partial charge on any atom is -0.388 e. The molecule has 1 N–H and O–H groups in total.